The second-order valence-electron chi connectivity index (χ2n) is 13.4. The van der Waals surface area contributed by atoms with Crippen molar-refractivity contribution in [3.63, 3.8) is 0 Å². The van der Waals surface area contributed by atoms with E-state index in [4.69, 9.17) is 14.0 Å². The summed E-state index contributed by atoms with van der Waals surface area (Å²) in [6, 6.07) is 23.7. The number of benzene rings is 3. The standard InChI is InChI=1S/C37H43N3O5/c1-24(2)18-26-12-15-29(16-13-26)34-38-33(39-45-34)32-17-14-28(19-25(32)3)22-40(36(42)44-37(4,5)6)31-20-30(21-31)35(41)43-23-27-10-8-7-9-11-27/h7-17,19,24,30-31H,18,20-23H2,1-6H3. The quantitative estimate of drug-likeness (QED) is 0.167. The number of aromatic nitrogens is 2. The number of carbonyl (C=O) groups is 2. The van der Waals surface area contributed by atoms with Crippen LogP contribution >= 0.6 is 0 Å². The van der Waals surface area contributed by atoms with Crippen LogP contribution in [0.1, 0.15) is 69.7 Å². The first-order chi connectivity index (χ1) is 21.4. The van der Waals surface area contributed by atoms with Gasteiger partial charge < -0.3 is 18.9 Å². The lowest BCUT2D eigenvalue weighted by Gasteiger charge is -2.42. The van der Waals surface area contributed by atoms with Crippen molar-refractivity contribution >= 4 is 12.1 Å². The lowest BCUT2D eigenvalue weighted by Crippen LogP contribution is -2.50. The topological polar surface area (TPSA) is 94.8 Å². The molecule has 0 atom stereocenters. The van der Waals surface area contributed by atoms with Crippen molar-refractivity contribution in [3.8, 4) is 22.8 Å². The van der Waals surface area contributed by atoms with Crippen LogP contribution in [0.5, 0.6) is 0 Å². The fraction of sp³-hybridized carbons (Fsp3) is 0.405. The smallest absolute Gasteiger partial charge is 0.410 e. The van der Waals surface area contributed by atoms with Crippen LogP contribution in [-0.2, 0) is 33.8 Å². The predicted molar refractivity (Wildman–Crippen MR) is 173 cm³/mol. The van der Waals surface area contributed by atoms with E-state index in [0.717, 1.165) is 34.2 Å². The van der Waals surface area contributed by atoms with E-state index >= 15 is 0 Å². The van der Waals surface area contributed by atoms with Crippen LogP contribution in [0, 0.1) is 18.8 Å². The normalized spacial score (nSPS) is 16.2. The van der Waals surface area contributed by atoms with Crippen molar-refractivity contribution in [3.05, 3.63) is 95.1 Å². The Labute approximate surface area is 265 Å². The molecule has 8 heteroatoms. The molecule has 3 aromatic carbocycles. The van der Waals surface area contributed by atoms with Crippen molar-refractivity contribution in [1.82, 2.24) is 15.0 Å². The molecule has 0 bridgehead atoms. The highest BCUT2D eigenvalue weighted by Crippen LogP contribution is 2.35. The number of nitrogens with zero attached hydrogens (tertiary/aromatic N) is 3. The van der Waals surface area contributed by atoms with Crippen molar-refractivity contribution in [1.29, 1.82) is 0 Å². The Morgan fingerprint density at radius 3 is 2.29 bits per heavy atom. The van der Waals surface area contributed by atoms with E-state index in [9.17, 15) is 9.59 Å². The third kappa shape index (κ3) is 8.38. The molecule has 0 saturated heterocycles. The predicted octanol–water partition coefficient (Wildman–Crippen LogP) is 8.17. The van der Waals surface area contributed by atoms with E-state index in [-0.39, 0.29) is 24.5 Å². The average molecular weight is 610 g/mol. The van der Waals surface area contributed by atoms with Gasteiger partial charge in [-0.3, -0.25) is 4.79 Å². The molecule has 0 spiro atoms. The molecule has 1 saturated carbocycles. The molecule has 1 amide bonds. The van der Waals surface area contributed by atoms with Gasteiger partial charge in [-0.05, 0) is 87.3 Å². The monoisotopic (exact) mass is 609 g/mol. The van der Waals surface area contributed by atoms with Crippen LogP contribution < -0.4 is 0 Å². The summed E-state index contributed by atoms with van der Waals surface area (Å²) < 4.78 is 16.9. The fourth-order valence-electron chi connectivity index (χ4n) is 5.52. The largest absolute Gasteiger partial charge is 0.461 e. The van der Waals surface area contributed by atoms with Gasteiger partial charge in [0.1, 0.15) is 12.2 Å². The van der Waals surface area contributed by atoms with Crippen LogP contribution in [-0.4, -0.2) is 38.7 Å². The van der Waals surface area contributed by atoms with Gasteiger partial charge in [0.25, 0.3) is 5.89 Å². The molecule has 1 heterocycles. The summed E-state index contributed by atoms with van der Waals surface area (Å²) in [5.41, 5.74) is 5.24. The zero-order valence-corrected chi connectivity index (χ0v) is 27.1. The summed E-state index contributed by atoms with van der Waals surface area (Å²) in [7, 11) is 0. The molecule has 5 rings (SSSR count). The third-order valence-corrected chi connectivity index (χ3v) is 7.89. The van der Waals surface area contributed by atoms with Crippen LogP contribution in [0.15, 0.2) is 77.3 Å². The molecule has 0 N–H and O–H groups in total. The third-order valence-electron chi connectivity index (χ3n) is 7.89. The number of aryl methyl sites for hydroxylation is 1. The zero-order valence-electron chi connectivity index (χ0n) is 27.1. The molecule has 236 valence electrons. The molecule has 45 heavy (non-hydrogen) atoms. The molecule has 1 aliphatic rings. The Morgan fingerprint density at radius 1 is 0.956 bits per heavy atom. The molecule has 0 radical (unpaired) electrons. The number of rotatable bonds is 10. The van der Waals surface area contributed by atoms with Gasteiger partial charge in [-0.2, -0.15) is 4.98 Å². The average Bonchev–Trinajstić information content (AvgIpc) is 3.44. The Morgan fingerprint density at radius 2 is 1.64 bits per heavy atom. The number of hydrogen-bond acceptors (Lipinski definition) is 7. The van der Waals surface area contributed by atoms with Crippen LogP contribution in [0.3, 0.4) is 0 Å². The minimum Gasteiger partial charge on any atom is -0.461 e. The number of carbonyl (C=O) groups excluding carboxylic acids is 2. The maximum absolute atomic E-state index is 13.3. The molecule has 1 fully saturated rings. The van der Waals surface area contributed by atoms with Gasteiger partial charge in [-0.1, -0.05) is 79.7 Å². The van der Waals surface area contributed by atoms with Gasteiger partial charge in [0.05, 0.1) is 5.92 Å². The van der Waals surface area contributed by atoms with E-state index in [1.54, 1.807) is 4.90 Å². The van der Waals surface area contributed by atoms with Gasteiger partial charge in [-0.25, -0.2) is 4.79 Å². The first-order valence-electron chi connectivity index (χ1n) is 15.7. The highest BCUT2D eigenvalue weighted by atomic mass is 16.6. The maximum atomic E-state index is 13.3. The number of ether oxygens (including phenoxy) is 2. The highest BCUT2D eigenvalue weighted by molar-refractivity contribution is 5.75. The molecule has 4 aromatic rings. The van der Waals surface area contributed by atoms with E-state index < -0.39 is 11.7 Å². The second kappa shape index (κ2) is 13.7. The van der Waals surface area contributed by atoms with Gasteiger partial charge in [0.2, 0.25) is 5.82 Å². The van der Waals surface area contributed by atoms with Crippen molar-refractivity contribution in [2.24, 2.45) is 11.8 Å². The van der Waals surface area contributed by atoms with Crippen molar-refractivity contribution < 1.29 is 23.6 Å². The lowest BCUT2D eigenvalue weighted by molar-refractivity contribution is -0.155. The minimum atomic E-state index is -0.641. The van der Waals surface area contributed by atoms with Crippen LogP contribution in [0.2, 0.25) is 0 Å². The Kier molecular flexibility index (Phi) is 9.71. The van der Waals surface area contributed by atoms with E-state index in [1.165, 1.54) is 5.56 Å². The van der Waals surface area contributed by atoms with Crippen LogP contribution in [0.25, 0.3) is 22.8 Å². The molecule has 1 aliphatic carbocycles. The summed E-state index contributed by atoms with van der Waals surface area (Å²) in [5.74, 6) is 1.10. The number of esters is 1. The highest BCUT2D eigenvalue weighted by Gasteiger charge is 2.42. The lowest BCUT2D eigenvalue weighted by atomic mass is 9.79. The Bertz CT molecular complexity index is 1600. The number of hydrogen-bond donors (Lipinski definition) is 0. The maximum Gasteiger partial charge on any atom is 0.410 e. The zero-order chi connectivity index (χ0) is 32.1. The van der Waals surface area contributed by atoms with Gasteiger partial charge in [-0.15, -0.1) is 0 Å². The second-order valence-corrected chi connectivity index (χ2v) is 13.4. The molecule has 0 unspecified atom stereocenters. The SMILES string of the molecule is Cc1cc(CN(C(=O)OC(C)(C)C)C2CC(C(=O)OCc3ccccc3)C2)ccc1-c1noc(-c2ccc(CC(C)C)cc2)n1. The Balaban J connectivity index is 1.25. The number of amides is 1. The summed E-state index contributed by atoms with van der Waals surface area (Å²) >= 11 is 0. The minimum absolute atomic E-state index is 0.124. The van der Waals surface area contributed by atoms with Crippen LogP contribution in [0.4, 0.5) is 4.79 Å². The summed E-state index contributed by atoms with van der Waals surface area (Å²) in [4.78, 5) is 32.4. The molecule has 8 nitrogen and oxygen atoms in total. The van der Waals surface area contributed by atoms with Gasteiger partial charge in [0.15, 0.2) is 0 Å². The van der Waals surface area contributed by atoms with Crippen molar-refractivity contribution in [2.45, 2.75) is 85.6 Å². The summed E-state index contributed by atoms with van der Waals surface area (Å²) in [5, 5.41) is 4.25. The summed E-state index contributed by atoms with van der Waals surface area (Å²) in [6.45, 7) is 12.6. The molecule has 1 aromatic heterocycles. The fourth-order valence-corrected chi connectivity index (χ4v) is 5.52. The van der Waals surface area contributed by atoms with Gasteiger partial charge >= 0.3 is 12.1 Å². The van der Waals surface area contributed by atoms with Gasteiger partial charge in [0, 0.05) is 23.7 Å². The first kappa shape index (κ1) is 31.9. The molecular formula is C37H43N3O5. The first-order valence-corrected chi connectivity index (χ1v) is 15.7. The van der Waals surface area contributed by atoms with E-state index in [0.29, 0.717) is 37.0 Å². The Hall–Kier alpha value is -4.46. The van der Waals surface area contributed by atoms with E-state index in [1.807, 2.05) is 88.4 Å². The van der Waals surface area contributed by atoms with Crippen molar-refractivity contribution in [2.75, 3.05) is 0 Å². The molecular weight excluding hydrogens is 566 g/mol. The van der Waals surface area contributed by atoms with E-state index in [2.05, 4.69) is 36.1 Å². The summed E-state index contributed by atoms with van der Waals surface area (Å²) in [6.07, 6.45) is 1.70. The molecule has 0 aliphatic heterocycles.